The van der Waals surface area contributed by atoms with Crippen LogP contribution in [0.5, 0.6) is 5.75 Å². The highest BCUT2D eigenvalue weighted by molar-refractivity contribution is 7.16. The lowest BCUT2D eigenvalue weighted by Crippen LogP contribution is -2.30. The monoisotopic (exact) mass is 339 g/mol. The van der Waals surface area contributed by atoms with Crippen LogP contribution in [0.25, 0.3) is 0 Å². The van der Waals surface area contributed by atoms with Crippen molar-refractivity contribution in [3.8, 4) is 5.75 Å². The van der Waals surface area contributed by atoms with Gasteiger partial charge in [-0.25, -0.2) is 0 Å². The van der Waals surface area contributed by atoms with E-state index in [9.17, 15) is 9.59 Å². The number of halogens is 1. The molecule has 1 aliphatic carbocycles. The van der Waals surface area contributed by atoms with Crippen molar-refractivity contribution in [2.75, 3.05) is 7.11 Å². The zero-order valence-corrected chi connectivity index (χ0v) is 13.4. The number of methoxy groups -OCH3 is 1. The van der Waals surface area contributed by atoms with Gasteiger partial charge in [0.2, 0.25) is 11.2 Å². The Kier molecular flexibility index (Phi) is 4.22. The SMILES string of the molecule is COc1coc(C(=O)NC2CCCc3sc(Cl)cc32)cc1=O. The first-order valence-corrected chi connectivity index (χ1v) is 8.03. The lowest BCUT2D eigenvalue weighted by molar-refractivity contribution is 0.0901. The van der Waals surface area contributed by atoms with Crippen LogP contribution < -0.4 is 15.5 Å². The molecule has 0 saturated heterocycles. The largest absolute Gasteiger partial charge is 0.490 e. The van der Waals surface area contributed by atoms with Gasteiger partial charge in [0.05, 0.1) is 17.5 Å². The summed E-state index contributed by atoms with van der Waals surface area (Å²) in [6.07, 6.45) is 3.95. The topological polar surface area (TPSA) is 68.5 Å². The minimum atomic E-state index is -0.417. The third kappa shape index (κ3) is 2.89. The van der Waals surface area contributed by atoms with Crippen molar-refractivity contribution in [2.24, 2.45) is 0 Å². The van der Waals surface area contributed by atoms with E-state index < -0.39 is 5.91 Å². The lowest BCUT2D eigenvalue weighted by Gasteiger charge is -2.23. The van der Waals surface area contributed by atoms with Crippen molar-refractivity contribution >= 4 is 28.8 Å². The van der Waals surface area contributed by atoms with Crippen LogP contribution in [0.4, 0.5) is 0 Å². The molecule has 2 aromatic heterocycles. The van der Waals surface area contributed by atoms with Crippen LogP contribution in [0.2, 0.25) is 4.34 Å². The van der Waals surface area contributed by atoms with Crippen molar-refractivity contribution in [3.63, 3.8) is 0 Å². The number of hydrogen-bond acceptors (Lipinski definition) is 5. The van der Waals surface area contributed by atoms with Crippen LogP contribution in [0, 0.1) is 0 Å². The fourth-order valence-corrected chi connectivity index (χ4v) is 3.95. The summed E-state index contributed by atoms with van der Waals surface area (Å²) in [4.78, 5) is 25.2. The van der Waals surface area contributed by atoms with Crippen LogP contribution in [0.15, 0.2) is 27.6 Å². The molecule has 1 aliphatic rings. The Balaban J connectivity index is 1.80. The first kappa shape index (κ1) is 15.1. The fourth-order valence-electron chi connectivity index (χ4n) is 2.57. The molecule has 116 valence electrons. The van der Waals surface area contributed by atoms with Crippen molar-refractivity contribution in [1.29, 1.82) is 0 Å². The normalized spacial score (nSPS) is 16.9. The van der Waals surface area contributed by atoms with E-state index in [-0.39, 0.29) is 23.0 Å². The van der Waals surface area contributed by atoms with Gasteiger partial charge in [-0.15, -0.1) is 11.3 Å². The van der Waals surface area contributed by atoms with Crippen molar-refractivity contribution in [2.45, 2.75) is 25.3 Å². The molecule has 0 bridgehead atoms. The second kappa shape index (κ2) is 6.14. The van der Waals surface area contributed by atoms with Crippen LogP contribution in [-0.2, 0) is 6.42 Å². The molecule has 1 amide bonds. The molecule has 7 heteroatoms. The zero-order valence-electron chi connectivity index (χ0n) is 11.8. The second-order valence-electron chi connectivity index (χ2n) is 5.02. The predicted octanol–water partition coefficient (Wildman–Crippen LogP) is 3.17. The third-order valence-corrected chi connectivity index (χ3v) is 4.97. The first-order chi connectivity index (χ1) is 10.6. The Hall–Kier alpha value is -1.79. The van der Waals surface area contributed by atoms with Gasteiger partial charge in [-0.05, 0) is 30.9 Å². The number of ether oxygens (including phenoxy) is 1. The van der Waals surface area contributed by atoms with Gasteiger partial charge in [0, 0.05) is 10.9 Å². The number of rotatable bonds is 3. The molecule has 2 aromatic rings. The minimum absolute atomic E-state index is 0.0285. The van der Waals surface area contributed by atoms with Crippen molar-refractivity contribution in [1.82, 2.24) is 5.32 Å². The standard InChI is InChI=1S/C15H14ClNO4S/c1-20-12-7-21-11(6-10(12)18)15(19)17-9-3-2-4-13-8(9)5-14(16)22-13/h5-7,9H,2-4H2,1H3,(H,17,19). The maximum atomic E-state index is 12.3. The van der Waals surface area contributed by atoms with E-state index in [1.165, 1.54) is 12.0 Å². The van der Waals surface area contributed by atoms with Gasteiger partial charge in [-0.2, -0.15) is 0 Å². The third-order valence-electron chi connectivity index (χ3n) is 3.63. The Morgan fingerprint density at radius 3 is 3.05 bits per heavy atom. The molecule has 0 radical (unpaired) electrons. The summed E-state index contributed by atoms with van der Waals surface area (Å²) < 4.78 is 10.7. The molecule has 0 saturated carbocycles. The molecule has 1 unspecified atom stereocenters. The van der Waals surface area contributed by atoms with Gasteiger partial charge in [0.1, 0.15) is 6.26 Å². The van der Waals surface area contributed by atoms with E-state index in [0.717, 1.165) is 41.5 Å². The van der Waals surface area contributed by atoms with Crippen molar-refractivity contribution < 1.29 is 13.9 Å². The van der Waals surface area contributed by atoms with Gasteiger partial charge < -0.3 is 14.5 Å². The molecule has 2 heterocycles. The molecule has 1 atom stereocenters. The summed E-state index contributed by atoms with van der Waals surface area (Å²) in [5.41, 5.74) is 0.673. The summed E-state index contributed by atoms with van der Waals surface area (Å²) in [7, 11) is 1.37. The van der Waals surface area contributed by atoms with E-state index >= 15 is 0 Å². The minimum Gasteiger partial charge on any atom is -0.490 e. The first-order valence-electron chi connectivity index (χ1n) is 6.84. The summed E-state index contributed by atoms with van der Waals surface area (Å²) in [5.74, 6) is -0.375. The molecule has 22 heavy (non-hydrogen) atoms. The Morgan fingerprint density at radius 1 is 1.50 bits per heavy atom. The summed E-state index contributed by atoms with van der Waals surface area (Å²) in [5, 5.41) is 2.91. The van der Waals surface area contributed by atoms with Gasteiger partial charge in [-0.1, -0.05) is 11.6 Å². The number of carbonyl (C=O) groups excluding carboxylic acids is 1. The number of carbonyl (C=O) groups is 1. The highest BCUT2D eigenvalue weighted by Crippen LogP contribution is 2.37. The number of amides is 1. The molecule has 1 N–H and O–H groups in total. The van der Waals surface area contributed by atoms with E-state index in [4.69, 9.17) is 20.8 Å². The molecule has 0 aliphatic heterocycles. The number of fused-ring (bicyclic) bond motifs is 1. The van der Waals surface area contributed by atoms with Crippen LogP contribution in [0.3, 0.4) is 0 Å². The Bertz CT molecular complexity index is 767. The van der Waals surface area contributed by atoms with E-state index in [1.807, 2.05) is 6.07 Å². The molecule has 3 rings (SSSR count). The van der Waals surface area contributed by atoms with Gasteiger partial charge in [-0.3, -0.25) is 9.59 Å². The van der Waals surface area contributed by atoms with Gasteiger partial charge >= 0.3 is 0 Å². The molecule has 5 nitrogen and oxygen atoms in total. The van der Waals surface area contributed by atoms with Crippen LogP contribution >= 0.6 is 22.9 Å². The quantitative estimate of drug-likeness (QED) is 0.932. The van der Waals surface area contributed by atoms with Gasteiger partial charge in [0.15, 0.2) is 5.76 Å². The molecule has 0 spiro atoms. The average Bonchev–Trinajstić information content (AvgIpc) is 2.88. The van der Waals surface area contributed by atoms with E-state index in [2.05, 4.69) is 5.32 Å². The fraction of sp³-hybridized carbons (Fsp3) is 0.333. The molecular weight excluding hydrogens is 326 g/mol. The number of hydrogen-bond donors (Lipinski definition) is 1. The van der Waals surface area contributed by atoms with Crippen molar-refractivity contribution in [3.05, 3.63) is 49.2 Å². The molecule has 0 aromatic carbocycles. The summed E-state index contributed by atoms with van der Waals surface area (Å²) in [6, 6.07) is 2.93. The predicted molar refractivity (Wildman–Crippen MR) is 84.0 cm³/mol. The van der Waals surface area contributed by atoms with E-state index in [0.29, 0.717) is 0 Å². The summed E-state index contributed by atoms with van der Waals surface area (Å²) in [6.45, 7) is 0. The second-order valence-corrected chi connectivity index (χ2v) is 6.79. The lowest BCUT2D eigenvalue weighted by atomic mass is 9.94. The Morgan fingerprint density at radius 2 is 2.32 bits per heavy atom. The van der Waals surface area contributed by atoms with Gasteiger partial charge in [0.25, 0.3) is 5.91 Å². The smallest absolute Gasteiger partial charge is 0.287 e. The summed E-state index contributed by atoms with van der Waals surface area (Å²) >= 11 is 7.60. The zero-order chi connectivity index (χ0) is 15.7. The number of aryl methyl sites for hydroxylation is 1. The average molecular weight is 340 g/mol. The highest BCUT2D eigenvalue weighted by atomic mass is 35.5. The maximum Gasteiger partial charge on any atom is 0.287 e. The molecular formula is C15H14ClNO4S. The molecule has 0 fully saturated rings. The Labute approximate surface area is 135 Å². The van der Waals surface area contributed by atoms with Crippen LogP contribution in [0.1, 0.15) is 39.9 Å². The van der Waals surface area contributed by atoms with Crippen LogP contribution in [-0.4, -0.2) is 13.0 Å². The highest BCUT2D eigenvalue weighted by Gasteiger charge is 2.25. The van der Waals surface area contributed by atoms with E-state index in [1.54, 1.807) is 11.3 Å². The number of nitrogens with one attached hydrogen (secondary N) is 1. The maximum absolute atomic E-state index is 12.3. The number of thiophene rings is 1.